The maximum absolute atomic E-state index is 12.3. The van der Waals surface area contributed by atoms with E-state index >= 15 is 0 Å². The number of carbonyl (C=O) groups excluding carboxylic acids is 1. The molecule has 23 heavy (non-hydrogen) atoms. The second-order valence-corrected chi connectivity index (χ2v) is 4.56. The topological polar surface area (TPSA) is 76.9 Å². The molecule has 0 bridgehead atoms. The fourth-order valence-corrected chi connectivity index (χ4v) is 1.87. The third-order valence-corrected chi connectivity index (χ3v) is 2.96. The van der Waals surface area contributed by atoms with E-state index in [1.165, 1.54) is 26.2 Å². The highest BCUT2D eigenvalue weighted by molar-refractivity contribution is 5.71. The van der Waals surface area contributed by atoms with Crippen LogP contribution in [0.2, 0.25) is 0 Å². The van der Waals surface area contributed by atoms with Crippen LogP contribution in [0.1, 0.15) is 6.92 Å². The first-order chi connectivity index (χ1) is 11.0. The smallest absolute Gasteiger partial charge is 0.334 e. The zero-order valence-electron chi connectivity index (χ0n) is 13.0. The molecule has 0 heterocycles. The maximum atomic E-state index is 12.3. The van der Waals surface area contributed by atoms with Crippen LogP contribution >= 0.6 is 0 Å². The predicted octanol–water partition coefficient (Wildman–Crippen LogP) is 3.07. The summed E-state index contributed by atoms with van der Waals surface area (Å²) >= 11 is 0. The molecule has 0 unspecified atom stereocenters. The van der Waals surface area contributed by atoms with E-state index in [1.54, 1.807) is 37.4 Å². The molecule has 1 N–H and O–H groups in total. The predicted molar refractivity (Wildman–Crippen MR) is 84.2 cm³/mol. The van der Waals surface area contributed by atoms with Crippen molar-refractivity contribution in [2.45, 2.75) is 6.92 Å². The minimum atomic E-state index is -0.530. The van der Waals surface area contributed by atoms with Gasteiger partial charge in [-0.05, 0) is 30.3 Å². The van der Waals surface area contributed by atoms with Gasteiger partial charge in [0.15, 0.2) is 4.87 Å². The van der Waals surface area contributed by atoms with Gasteiger partial charge in [0.25, 0.3) is 0 Å². The van der Waals surface area contributed by atoms with Crippen molar-refractivity contribution in [1.82, 2.24) is 0 Å². The number of nitrogens with zero attached hydrogens (tertiary/aromatic N) is 1. The average molecular weight is 317 g/mol. The lowest BCUT2D eigenvalue weighted by Gasteiger charge is -2.06. The number of benzene rings is 2. The molecule has 0 amide bonds. The van der Waals surface area contributed by atoms with Gasteiger partial charge in [-0.1, -0.05) is 0 Å². The minimum Gasteiger partial charge on any atom is -0.497 e. The second-order valence-electron chi connectivity index (χ2n) is 4.56. The first-order valence-electron chi connectivity index (χ1n) is 6.78. The molecule has 2 rings (SSSR count). The van der Waals surface area contributed by atoms with Gasteiger partial charge in [-0.15, -0.1) is 5.43 Å². The van der Waals surface area contributed by atoms with Crippen molar-refractivity contribution >= 4 is 17.3 Å². The Bertz CT molecular complexity index is 713. The van der Waals surface area contributed by atoms with Gasteiger partial charge < -0.3 is 14.2 Å². The third-order valence-electron chi connectivity index (χ3n) is 2.96. The molecule has 120 valence electrons. The Hall–Kier alpha value is -3.09. The molecule has 0 aliphatic carbocycles. The highest BCUT2D eigenvalue weighted by Gasteiger charge is 2.23. The lowest BCUT2D eigenvalue weighted by atomic mass is 10.2. The summed E-state index contributed by atoms with van der Waals surface area (Å²) in [4.78, 5) is 24.0. The fourth-order valence-electron chi connectivity index (χ4n) is 1.87. The summed E-state index contributed by atoms with van der Waals surface area (Å²) in [6.45, 7) is 1.26. The first-order valence-corrected chi connectivity index (χ1v) is 6.78. The number of rotatable bonds is 6. The quantitative estimate of drug-likeness (QED) is 0.382. The highest BCUT2D eigenvalue weighted by Crippen LogP contribution is 2.31. The number of nitrogens with one attached hydrogen (secondary N) is 1. The van der Waals surface area contributed by atoms with Crippen molar-refractivity contribution in [3.63, 3.8) is 0 Å². The van der Waals surface area contributed by atoms with E-state index < -0.39 is 5.97 Å². The van der Waals surface area contributed by atoms with Crippen LogP contribution in [0.4, 0.5) is 11.4 Å². The Kier molecular flexibility index (Phi) is 5.14. The third kappa shape index (κ3) is 4.19. The Labute approximate surface area is 133 Å². The van der Waals surface area contributed by atoms with Crippen molar-refractivity contribution in [2.24, 2.45) is 0 Å². The van der Waals surface area contributed by atoms with Crippen LogP contribution in [0, 0.1) is 4.91 Å². The number of hydrogen-bond donors (Lipinski definition) is 1. The molecular weight excluding hydrogens is 300 g/mol. The number of carbonyl (C=O) groups is 1. The van der Waals surface area contributed by atoms with E-state index in [0.717, 1.165) is 0 Å². The zero-order valence-corrected chi connectivity index (χ0v) is 13.0. The lowest BCUT2D eigenvalue weighted by molar-refractivity contribution is -0.428. The first kappa shape index (κ1) is 16.3. The van der Waals surface area contributed by atoms with Crippen molar-refractivity contribution in [2.75, 3.05) is 19.6 Å². The van der Waals surface area contributed by atoms with Crippen LogP contribution in [0.25, 0.3) is 0 Å². The molecule has 0 saturated carbocycles. The zero-order chi connectivity index (χ0) is 16.8. The van der Waals surface area contributed by atoms with Gasteiger partial charge in [-0.25, -0.2) is 0 Å². The van der Waals surface area contributed by atoms with E-state index in [9.17, 15) is 9.70 Å². The van der Waals surface area contributed by atoms with E-state index in [-0.39, 0.29) is 11.4 Å². The normalized spacial score (nSPS) is 9.87. The van der Waals surface area contributed by atoms with Gasteiger partial charge in [0.1, 0.15) is 17.2 Å². The molecule has 2 aromatic rings. The van der Waals surface area contributed by atoms with Gasteiger partial charge in [0.05, 0.1) is 19.1 Å². The molecular formula is C16H17N2O5+. The van der Waals surface area contributed by atoms with Crippen LogP contribution < -0.4 is 19.6 Å². The number of ether oxygens (including phenoxy) is 3. The van der Waals surface area contributed by atoms with Crippen LogP contribution in [0.5, 0.6) is 17.2 Å². The number of hydrazine groups is 1. The van der Waals surface area contributed by atoms with E-state index in [2.05, 4.69) is 5.43 Å². The standard InChI is InChI=1S/C16H17N2O5/c1-11(19)23-16-10-14(22-3)8-9-15(16)18(20)17-12-4-6-13(21-2)7-5-12/h4-10H,1-3H3,(H,17,20)/q+1. The summed E-state index contributed by atoms with van der Waals surface area (Å²) < 4.78 is 15.2. The number of esters is 1. The molecule has 0 fully saturated rings. The van der Waals surface area contributed by atoms with Gasteiger partial charge >= 0.3 is 11.7 Å². The molecule has 0 aliphatic rings. The van der Waals surface area contributed by atoms with E-state index in [4.69, 9.17) is 14.2 Å². The summed E-state index contributed by atoms with van der Waals surface area (Å²) in [6.07, 6.45) is 0. The SMILES string of the molecule is COc1ccc(N[N+](=O)c2ccc(OC)cc2OC(C)=O)cc1. The fraction of sp³-hybridized carbons (Fsp3) is 0.188. The van der Waals surface area contributed by atoms with Gasteiger partial charge in [-0.2, -0.15) is 0 Å². The summed E-state index contributed by atoms with van der Waals surface area (Å²) in [5, 5.41) is 0. The summed E-state index contributed by atoms with van der Waals surface area (Å²) in [5.41, 5.74) is 3.36. The molecule has 7 nitrogen and oxygen atoms in total. The Balaban J connectivity index is 2.24. The van der Waals surface area contributed by atoms with E-state index in [1.807, 2.05) is 0 Å². The number of nitroso groups, excluding NO2 is 1. The van der Waals surface area contributed by atoms with Crippen LogP contribution in [0.3, 0.4) is 0 Å². The monoisotopic (exact) mass is 317 g/mol. The molecule has 0 atom stereocenters. The molecule has 2 aromatic carbocycles. The second kappa shape index (κ2) is 7.26. The average Bonchev–Trinajstić information content (AvgIpc) is 2.54. The number of anilines is 1. The summed E-state index contributed by atoms with van der Waals surface area (Å²) in [5.74, 6) is 0.728. The maximum Gasteiger partial charge on any atom is 0.334 e. The molecule has 0 radical (unpaired) electrons. The van der Waals surface area contributed by atoms with Crippen LogP contribution in [-0.4, -0.2) is 25.1 Å². The lowest BCUT2D eigenvalue weighted by Crippen LogP contribution is -2.13. The molecule has 0 aromatic heterocycles. The van der Waals surface area contributed by atoms with Crippen molar-refractivity contribution in [3.05, 3.63) is 47.4 Å². The van der Waals surface area contributed by atoms with Crippen LogP contribution in [0.15, 0.2) is 42.5 Å². The van der Waals surface area contributed by atoms with Gasteiger partial charge in [0, 0.05) is 19.1 Å². The number of methoxy groups -OCH3 is 2. The van der Waals surface area contributed by atoms with E-state index in [0.29, 0.717) is 22.1 Å². The number of hydrogen-bond acceptors (Lipinski definition) is 5. The Morgan fingerprint density at radius 1 is 1.00 bits per heavy atom. The minimum absolute atomic E-state index is 0.105. The Morgan fingerprint density at radius 2 is 1.61 bits per heavy atom. The largest absolute Gasteiger partial charge is 0.497 e. The van der Waals surface area contributed by atoms with Crippen molar-refractivity contribution in [3.8, 4) is 17.2 Å². The van der Waals surface area contributed by atoms with Crippen molar-refractivity contribution in [1.29, 1.82) is 0 Å². The molecule has 0 spiro atoms. The summed E-state index contributed by atoms with van der Waals surface area (Å²) in [6, 6.07) is 11.4. The van der Waals surface area contributed by atoms with Gasteiger partial charge in [0.2, 0.25) is 5.75 Å². The van der Waals surface area contributed by atoms with Gasteiger partial charge in [-0.3, -0.25) is 4.79 Å². The van der Waals surface area contributed by atoms with Crippen LogP contribution in [-0.2, 0) is 4.79 Å². The molecule has 0 aliphatic heterocycles. The molecule has 7 heteroatoms. The highest BCUT2D eigenvalue weighted by atomic mass is 16.5. The Morgan fingerprint density at radius 3 is 2.17 bits per heavy atom. The summed E-state index contributed by atoms with van der Waals surface area (Å²) in [7, 11) is 3.04. The molecule has 0 saturated heterocycles. The van der Waals surface area contributed by atoms with Crippen molar-refractivity contribution < 1.29 is 23.9 Å².